The Kier molecular flexibility index (Phi) is 7.80. The van der Waals surface area contributed by atoms with E-state index in [2.05, 4.69) is 16.9 Å². The van der Waals surface area contributed by atoms with E-state index >= 15 is 0 Å². The van der Waals surface area contributed by atoms with E-state index in [1.807, 2.05) is 6.26 Å². The topological polar surface area (TPSA) is 35.0 Å². The summed E-state index contributed by atoms with van der Waals surface area (Å²) in [6.45, 7) is 3.69. The molecule has 1 rings (SSSR count). The Morgan fingerprint density at radius 1 is 1.50 bits per heavy atom. The van der Waals surface area contributed by atoms with Gasteiger partial charge in [0.15, 0.2) is 5.16 Å². The molecule has 7 heteroatoms. The Bertz CT molecular complexity index is 256. The van der Waals surface area contributed by atoms with Gasteiger partial charge >= 0.3 is 25.9 Å². The van der Waals surface area contributed by atoms with Crippen molar-refractivity contribution in [3.05, 3.63) is 18.7 Å². The van der Waals surface area contributed by atoms with Crippen molar-refractivity contribution in [2.45, 2.75) is 5.16 Å². The summed E-state index contributed by atoms with van der Waals surface area (Å²) in [7, 11) is 1.58. The summed E-state index contributed by atoms with van der Waals surface area (Å²) in [5, 5.41) is 0.689. The molecule has 0 unspecified atom stereocenters. The van der Waals surface area contributed by atoms with Gasteiger partial charge in [-0.1, -0.05) is 17.5 Å². The maximum absolute atomic E-state index is 9.79. The third-order valence-electron chi connectivity index (χ3n) is 1.13. The molecular formula is C7H9F2N2OSW-. The average molecular weight is 391 g/mol. The van der Waals surface area contributed by atoms with Crippen molar-refractivity contribution < 1.29 is 30.7 Å². The normalized spacial score (nSPS) is 8.86. The second kappa shape index (κ2) is 8.00. The monoisotopic (exact) mass is 391 g/mol. The molecule has 0 saturated carbocycles. The molecule has 0 N–H and O–H groups in total. The summed E-state index contributed by atoms with van der Waals surface area (Å²) in [6, 6.07) is 1.69. The van der Waals surface area contributed by atoms with E-state index in [4.69, 9.17) is 4.74 Å². The predicted molar refractivity (Wildman–Crippen MR) is 47.0 cm³/mol. The number of nitrogens with zero attached hydrogens (tertiary/aromatic N) is 2. The first kappa shape index (κ1) is 13.6. The van der Waals surface area contributed by atoms with Gasteiger partial charge in [0.2, 0.25) is 0 Å². The molecule has 0 atom stereocenters. The minimum atomic E-state index is -2.75. The molecule has 80 valence electrons. The van der Waals surface area contributed by atoms with E-state index < -0.39 is 19.6 Å². The molecule has 0 spiro atoms. The van der Waals surface area contributed by atoms with E-state index in [1.54, 1.807) is 13.2 Å². The Hall–Kier alpha value is -0.352. The Balaban J connectivity index is 0.000000500. The quantitative estimate of drug-likeness (QED) is 0.440. The summed E-state index contributed by atoms with van der Waals surface area (Å²) >= 11 is -1.28. The Labute approximate surface area is 95.5 Å². The van der Waals surface area contributed by atoms with Gasteiger partial charge in [-0.2, -0.15) is 0 Å². The zero-order valence-corrected chi connectivity index (χ0v) is 11.4. The number of methoxy groups -OCH3 is 1. The molecule has 0 aliphatic rings. The van der Waals surface area contributed by atoms with Crippen molar-refractivity contribution in [1.82, 2.24) is 9.97 Å². The van der Waals surface area contributed by atoms with Crippen LogP contribution in [0.3, 0.4) is 0 Å². The minimum absolute atomic E-state index is 0.564. The van der Waals surface area contributed by atoms with Crippen molar-refractivity contribution in [2.24, 2.45) is 0 Å². The van der Waals surface area contributed by atoms with Crippen LogP contribution in [0.15, 0.2) is 11.2 Å². The zero-order chi connectivity index (χ0) is 11.0. The molecule has 3 nitrogen and oxygen atoms in total. The van der Waals surface area contributed by atoms with E-state index in [0.29, 0.717) is 16.7 Å². The fourth-order valence-electron chi connectivity index (χ4n) is 0.645. The number of ether oxygens (including phenoxy) is 1. The number of hydrogen-bond acceptors (Lipinski definition) is 4. The van der Waals surface area contributed by atoms with Crippen LogP contribution in [0.4, 0.5) is 6.32 Å². The SMILES string of the molecule is [CH2-]c1cc(OC)nc(SC)n1.[F][W][F]. The van der Waals surface area contributed by atoms with E-state index in [9.17, 15) is 6.32 Å². The van der Waals surface area contributed by atoms with Gasteiger partial charge in [0.1, 0.15) is 5.88 Å². The number of rotatable bonds is 2. The molecule has 0 saturated heterocycles. The molecule has 0 bridgehead atoms. The van der Waals surface area contributed by atoms with Crippen LogP contribution in [-0.2, 0) is 19.6 Å². The number of hydrogen-bond donors (Lipinski definition) is 0. The fraction of sp³-hybridized carbons (Fsp3) is 0.286. The third kappa shape index (κ3) is 5.39. The van der Waals surface area contributed by atoms with Crippen molar-refractivity contribution in [1.29, 1.82) is 0 Å². The summed E-state index contributed by atoms with van der Waals surface area (Å²) in [5.74, 6) is 0.564. The molecular weight excluding hydrogens is 382 g/mol. The molecule has 1 aromatic rings. The molecule has 0 aliphatic heterocycles. The van der Waals surface area contributed by atoms with Gasteiger partial charge in [0.05, 0.1) is 7.11 Å². The molecule has 1 heterocycles. The number of thioether (sulfide) groups is 1. The van der Waals surface area contributed by atoms with Gasteiger partial charge < -0.3 is 4.74 Å². The first-order valence-corrected chi connectivity index (χ1v) is 6.80. The second-order valence-corrected chi connectivity index (χ2v) is 3.14. The first-order chi connectivity index (χ1) is 6.67. The summed E-state index contributed by atoms with van der Waals surface area (Å²) in [5.41, 5.74) is 0.682. The zero-order valence-electron chi connectivity index (χ0n) is 7.66. The molecule has 1 aromatic heterocycles. The van der Waals surface area contributed by atoms with E-state index in [1.165, 1.54) is 11.8 Å². The average Bonchev–Trinajstić information content (AvgIpc) is 2.18. The molecule has 0 radical (unpaired) electrons. The number of halogens is 2. The van der Waals surface area contributed by atoms with Crippen LogP contribution < -0.4 is 4.74 Å². The van der Waals surface area contributed by atoms with Gasteiger partial charge in [-0.15, -0.1) is 6.07 Å². The molecule has 0 aliphatic carbocycles. The van der Waals surface area contributed by atoms with Crippen LogP contribution in [0.25, 0.3) is 0 Å². The van der Waals surface area contributed by atoms with Crippen molar-refractivity contribution >= 4 is 11.8 Å². The van der Waals surface area contributed by atoms with Crippen LogP contribution in [0.5, 0.6) is 5.88 Å². The van der Waals surface area contributed by atoms with Crippen molar-refractivity contribution in [3.63, 3.8) is 0 Å². The maximum atomic E-state index is 9.79. The molecule has 0 fully saturated rings. The molecule has 0 amide bonds. The second-order valence-electron chi connectivity index (χ2n) is 1.95. The fourth-order valence-corrected chi connectivity index (χ4v) is 1.03. The molecule has 14 heavy (non-hydrogen) atoms. The summed E-state index contributed by atoms with van der Waals surface area (Å²) in [4.78, 5) is 8.12. The van der Waals surface area contributed by atoms with Crippen LogP contribution in [0, 0.1) is 6.92 Å². The first-order valence-electron chi connectivity index (χ1n) is 3.36. The van der Waals surface area contributed by atoms with Gasteiger partial charge in [-0.3, -0.25) is 4.98 Å². The van der Waals surface area contributed by atoms with Crippen LogP contribution >= 0.6 is 11.8 Å². The van der Waals surface area contributed by atoms with Gasteiger partial charge in [-0.25, -0.2) is 11.9 Å². The van der Waals surface area contributed by atoms with E-state index in [-0.39, 0.29) is 0 Å². The van der Waals surface area contributed by atoms with Crippen LogP contribution in [0.2, 0.25) is 0 Å². The Morgan fingerprint density at radius 2 is 2.07 bits per heavy atom. The third-order valence-corrected chi connectivity index (χ3v) is 1.67. The standard InChI is InChI=1S/C7H9N2OS.2FH.W/c1-5-4-6(10-2)9-7(8-5)11-3;;;/h4H,1H2,2-3H3;2*1H;/q-1;;;+2/p-2. The van der Waals surface area contributed by atoms with Gasteiger partial charge in [-0.05, 0) is 6.26 Å². The van der Waals surface area contributed by atoms with Crippen LogP contribution in [0.1, 0.15) is 5.69 Å². The van der Waals surface area contributed by atoms with Gasteiger partial charge in [0.25, 0.3) is 0 Å². The summed E-state index contributed by atoms with van der Waals surface area (Å²) in [6.07, 6.45) is 1.91. The Morgan fingerprint density at radius 3 is 2.50 bits per heavy atom. The van der Waals surface area contributed by atoms with Crippen molar-refractivity contribution in [3.8, 4) is 5.88 Å². The van der Waals surface area contributed by atoms with E-state index in [0.717, 1.165) is 0 Å². The predicted octanol–water partition coefficient (Wildman–Crippen LogP) is 2.23. The summed E-state index contributed by atoms with van der Waals surface area (Å²) < 4.78 is 24.5. The van der Waals surface area contributed by atoms with Gasteiger partial charge in [0, 0.05) is 0 Å². The van der Waals surface area contributed by atoms with Crippen molar-refractivity contribution in [2.75, 3.05) is 13.4 Å². The molecule has 0 aromatic carbocycles. The van der Waals surface area contributed by atoms with Crippen LogP contribution in [-0.4, -0.2) is 23.3 Å². The number of aromatic nitrogens is 2.